The molecule has 96 valence electrons. The van der Waals surface area contributed by atoms with Gasteiger partial charge in [-0.3, -0.25) is 4.79 Å². The Morgan fingerprint density at radius 2 is 1.85 bits per heavy atom. The van der Waals surface area contributed by atoms with E-state index < -0.39 is 0 Å². The fourth-order valence-corrected chi connectivity index (χ4v) is 1.70. The van der Waals surface area contributed by atoms with Crippen LogP contribution in [-0.4, -0.2) is 6.29 Å². The van der Waals surface area contributed by atoms with Crippen LogP contribution in [0, 0.1) is 29.6 Å². The number of benzene rings is 2. The highest BCUT2D eigenvalue weighted by atomic mass is 16.5. The van der Waals surface area contributed by atoms with Crippen molar-refractivity contribution >= 4 is 6.29 Å². The van der Waals surface area contributed by atoms with Gasteiger partial charge in [-0.2, -0.15) is 10.5 Å². The maximum atomic E-state index is 10.7. The van der Waals surface area contributed by atoms with E-state index in [0.717, 1.165) is 5.56 Å². The van der Waals surface area contributed by atoms with Gasteiger partial charge in [-0.15, -0.1) is 0 Å². The number of nitriles is 2. The van der Waals surface area contributed by atoms with Gasteiger partial charge in [0.1, 0.15) is 23.9 Å². The number of carbonyl (C=O) groups is 1. The molecule has 0 aliphatic rings. The third-order valence-corrected chi connectivity index (χ3v) is 2.80. The van der Waals surface area contributed by atoms with Crippen LogP contribution in [0.1, 0.15) is 27.0 Å². The minimum Gasteiger partial charge on any atom is -0.456 e. The molecule has 2 rings (SSSR count). The third-order valence-electron chi connectivity index (χ3n) is 2.80. The zero-order valence-corrected chi connectivity index (χ0v) is 10.8. The standard InChI is InChI=1S/C16H10N2O2/c1-11-2-3-12(8-17)7-16(11)20-15-5-4-13(10-19)6-14(15)9-18/h2-7,10H,1H3. The lowest BCUT2D eigenvalue weighted by atomic mass is 10.1. The summed E-state index contributed by atoms with van der Waals surface area (Å²) in [6.45, 7) is 1.85. The summed E-state index contributed by atoms with van der Waals surface area (Å²) in [6.07, 6.45) is 0.673. The zero-order chi connectivity index (χ0) is 14.5. The van der Waals surface area contributed by atoms with Gasteiger partial charge in [-0.1, -0.05) is 6.07 Å². The molecule has 20 heavy (non-hydrogen) atoms. The van der Waals surface area contributed by atoms with Crippen molar-refractivity contribution in [1.82, 2.24) is 0 Å². The molecule has 4 heteroatoms. The SMILES string of the molecule is Cc1ccc(C#N)cc1Oc1ccc(C=O)cc1C#N. The quantitative estimate of drug-likeness (QED) is 0.795. The number of carbonyl (C=O) groups excluding carboxylic acids is 1. The Morgan fingerprint density at radius 3 is 2.50 bits per heavy atom. The number of hydrogen-bond acceptors (Lipinski definition) is 4. The molecule has 0 unspecified atom stereocenters. The summed E-state index contributed by atoms with van der Waals surface area (Å²) < 4.78 is 5.68. The monoisotopic (exact) mass is 262 g/mol. The highest BCUT2D eigenvalue weighted by Gasteiger charge is 2.08. The Morgan fingerprint density at radius 1 is 1.05 bits per heavy atom. The molecule has 0 bridgehead atoms. The van der Waals surface area contributed by atoms with Crippen molar-refractivity contribution in [2.24, 2.45) is 0 Å². The van der Waals surface area contributed by atoms with Gasteiger partial charge >= 0.3 is 0 Å². The van der Waals surface area contributed by atoms with Gasteiger partial charge < -0.3 is 4.74 Å². The smallest absolute Gasteiger partial charge is 0.150 e. The average Bonchev–Trinajstić information content (AvgIpc) is 2.49. The van der Waals surface area contributed by atoms with E-state index in [1.165, 1.54) is 6.07 Å². The maximum absolute atomic E-state index is 10.7. The number of hydrogen-bond donors (Lipinski definition) is 0. The van der Waals surface area contributed by atoms with Gasteiger partial charge in [0.15, 0.2) is 0 Å². The average molecular weight is 262 g/mol. The fraction of sp³-hybridized carbons (Fsp3) is 0.0625. The van der Waals surface area contributed by atoms with E-state index in [1.54, 1.807) is 30.3 Å². The van der Waals surface area contributed by atoms with Gasteiger partial charge in [0.05, 0.1) is 17.2 Å². The molecule has 0 saturated heterocycles. The summed E-state index contributed by atoms with van der Waals surface area (Å²) in [5, 5.41) is 18.0. The summed E-state index contributed by atoms with van der Waals surface area (Å²) >= 11 is 0. The molecule has 4 nitrogen and oxygen atoms in total. The predicted octanol–water partition coefficient (Wildman–Crippen LogP) is 3.34. The molecule has 0 saturated carbocycles. The van der Waals surface area contributed by atoms with Crippen LogP contribution >= 0.6 is 0 Å². The van der Waals surface area contributed by atoms with Crippen LogP contribution in [0.3, 0.4) is 0 Å². The van der Waals surface area contributed by atoms with Crippen molar-refractivity contribution in [1.29, 1.82) is 10.5 Å². The lowest BCUT2D eigenvalue weighted by Gasteiger charge is -2.10. The molecular formula is C16H10N2O2. The lowest BCUT2D eigenvalue weighted by molar-refractivity contribution is 0.112. The van der Waals surface area contributed by atoms with Crippen LogP contribution in [0.15, 0.2) is 36.4 Å². The van der Waals surface area contributed by atoms with Crippen LogP contribution in [0.5, 0.6) is 11.5 Å². The Hall–Kier alpha value is -3.11. The minimum atomic E-state index is 0.274. The van der Waals surface area contributed by atoms with Gasteiger partial charge in [-0.25, -0.2) is 0 Å². The van der Waals surface area contributed by atoms with E-state index in [9.17, 15) is 4.79 Å². The van der Waals surface area contributed by atoms with Gasteiger partial charge in [0.25, 0.3) is 0 Å². The van der Waals surface area contributed by atoms with Crippen molar-refractivity contribution in [2.45, 2.75) is 6.92 Å². The molecule has 0 fully saturated rings. The predicted molar refractivity (Wildman–Crippen MR) is 72.5 cm³/mol. The fourth-order valence-electron chi connectivity index (χ4n) is 1.70. The van der Waals surface area contributed by atoms with E-state index in [-0.39, 0.29) is 5.56 Å². The zero-order valence-electron chi connectivity index (χ0n) is 10.8. The molecule has 0 heterocycles. The number of rotatable bonds is 3. The first kappa shape index (κ1) is 13.3. The summed E-state index contributed by atoms with van der Waals surface area (Å²) in [7, 11) is 0. The van der Waals surface area contributed by atoms with Crippen molar-refractivity contribution < 1.29 is 9.53 Å². The van der Waals surface area contributed by atoms with Crippen molar-refractivity contribution in [3.05, 3.63) is 58.7 Å². The largest absolute Gasteiger partial charge is 0.456 e. The second-order valence-electron chi connectivity index (χ2n) is 4.18. The molecule has 2 aromatic rings. The Labute approximate surface area is 116 Å². The topological polar surface area (TPSA) is 73.9 Å². The Kier molecular flexibility index (Phi) is 3.79. The molecule has 0 radical (unpaired) electrons. The second kappa shape index (κ2) is 5.69. The van der Waals surface area contributed by atoms with Crippen LogP contribution in [0.2, 0.25) is 0 Å². The molecule has 0 aliphatic carbocycles. The molecule has 0 aromatic heterocycles. The molecule has 0 spiro atoms. The number of aldehydes is 1. The lowest BCUT2D eigenvalue weighted by Crippen LogP contribution is -1.93. The van der Waals surface area contributed by atoms with E-state index in [2.05, 4.69) is 0 Å². The normalized spacial score (nSPS) is 9.35. The van der Waals surface area contributed by atoms with Gasteiger partial charge in [0, 0.05) is 5.56 Å². The molecule has 0 aliphatic heterocycles. The first-order chi connectivity index (χ1) is 9.67. The highest BCUT2D eigenvalue weighted by Crippen LogP contribution is 2.28. The van der Waals surface area contributed by atoms with Crippen molar-refractivity contribution in [3.63, 3.8) is 0 Å². The summed E-state index contributed by atoms with van der Waals surface area (Å²) in [5.74, 6) is 0.871. The second-order valence-corrected chi connectivity index (χ2v) is 4.18. The molecule has 0 amide bonds. The van der Waals surface area contributed by atoms with E-state index in [4.69, 9.17) is 15.3 Å². The molecule has 2 aromatic carbocycles. The summed E-state index contributed by atoms with van der Waals surface area (Å²) in [5.41, 5.74) is 2.02. The maximum Gasteiger partial charge on any atom is 0.150 e. The first-order valence-corrected chi connectivity index (χ1v) is 5.86. The van der Waals surface area contributed by atoms with E-state index in [1.807, 2.05) is 19.1 Å². The van der Waals surface area contributed by atoms with Gasteiger partial charge in [-0.05, 0) is 42.8 Å². The molecule has 0 N–H and O–H groups in total. The third kappa shape index (κ3) is 2.66. The van der Waals surface area contributed by atoms with Crippen molar-refractivity contribution in [2.75, 3.05) is 0 Å². The van der Waals surface area contributed by atoms with Crippen LogP contribution in [-0.2, 0) is 0 Å². The number of nitrogens with zero attached hydrogens (tertiary/aromatic N) is 2. The van der Waals surface area contributed by atoms with E-state index >= 15 is 0 Å². The first-order valence-electron chi connectivity index (χ1n) is 5.86. The van der Waals surface area contributed by atoms with Crippen LogP contribution in [0.25, 0.3) is 0 Å². The minimum absolute atomic E-state index is 0.274. The molecular weight excluding hydrogens is 252 g/mol. The molecule has 0 atom stereocenters. The Bertz CT molecular complexity index is 752. The summed E-state index contributed by atoms with van der Waals surface area (Å²) in [4.78, 5) is 10.7. The van der Waals surface area contributed by atoms with E-state index in [0.29, 0.717) is 28.9 Å². The number of aryl methyl sites for hydroxylation is 1. The summed E-state index contributed by atoms with van der Waals surface area (Å²) in [6, 6.07) is 13.7. The highest BCUT2D eigenvalue weighted by molar-refractivity contribution is 5.76. The van der Waals surface area contributed by atoms with Gasteiger partial charge in [0.2, 0.25) is 0 Å². The van der Waals surface area contributed by atoms with Crippen LogP contribution < -0.4 is 4.74 Å². The Balaban J connectivity index is 2.43. The van der Waals surface area contributed by atoms with Crippen molar-refractivity contribution in [3.8, 4) is 23.6 Å². The number of ether oxygens (including phenoxy) is 1. The van der Waals surface area contributed by atoms with Crippen LogP contribution in [0.4, 0.5) is 0 Å².